The minimum absolute atomic E-state index is 0.0710. The smallest absolute Gasteiger partial charge is 0.271 e. The predicted molar refractivity (Wildman–Crippen MR) is 143 cm³/mol. The average Bonchev–Trinajstić information content (AvgIpc) is 2.88. The quantitative estimate of drug-likeness (QED) is 0.563. The minimum Gasteiger partial charge on any atom is -0.369 e. The molecular formula is C26H36N8O2. The number of nitrogens with zero attached hydrogens (tertiary/aromatic N) is 6. The van der Waals surface area contributed by atoms with E-state index in [2.05, 4.69) is 57.7 Å². The van der Waals surface area contributed by atoms with Gasteiger partial charge in [-0.3, -0.25) is 9.59 Å². The minimum atomic E-state index is -0.626. The van der Waals surface area contributed by atoms with E-state index in [0.717, 1.165) is 37.4 Å². The zero-order valence-electron chi connectivity index (χ0n) is 21.5. The number of piperazine rings is 2. The maximum atomic E-state index is 12.3. The Kier molecular flexibility index (Phi) is 7.73. The molecule has 0 spiro atoms. The van der Waals surface area contributed by atoms with Crippen molar-refractivity contribution in [1.29, 1.82) is 0 Å². The second kappa shape index (κ2) is 10.9. The molecule has 3 N–H and O–H groups in total. The lowest BCUT2D eigenvalue weighted by Gasteiger charge is -2.35. The molecule has 36 heavy (non-hydrogen) atoms. The van der Waals surface area contributed by atoms with E-state index in [1.165, 1.54) is 11.8 Å². The van der Waals surface area contributed by atoms with Crippen molar-refractivity contribution in [2.45, 2.75) is 20.3 Å². The molecule has 0 saturated carbocycles. The number of hydrogen-bond acceptors (Lipinski definition) is 8. The number of amides is 2. The van der Waals surface area contributed by atoms with Gasteiger partial charge in [-0.2, -0.15) is 0 Å². The number of carbonyl (C=O) groups is 2. The van der Waals surface area contributed by atoms with Crippen LogP contribution in [0.4, 0.5) is 23.0 Å². The molecule has 1 aromatic heterocycles. The summed E-state index contributed by atoms with van der Waals surface area (Å²) in [5.74, 6) is 0.351. The molecule has 2 aliphatic rings. The molecule has 0 aliphatic carbocycles. The number of aromatic nitrogens is 2. The number of nitrogens with one attached hydrogen (secondary N) is 1. The van der Waals surface area contributed by atoms with Gasteiger partial charge in [-0.25, -0.2) is 9.97 Å². The summed E-state index contributed by atoms with van der Waals surface area (Å²) in [7, 11) is 2.15. The molecule has 1 aromatic carbocycles. The maximum absolute atomic E-state index is 12.3. The standard InChI is InChI=1S/C26H36N8O2/c1-5-20-26(34-15-13-33(14-16-34)22(35)6-2)30-25(23(29-20)24(27)36)28-19-7-8-21(18(3)17-19)32-11-9-31(4)10-12-32/h6-8,17H,2,5,9-16H2,1,3-4H3,(H2,27,36)(H,28,30). The van der Waals surface area contributed by atoms with Crippen molar-refractivity contribution in [2.75, 3.05) is 74.5 Å². The summed E-state index contributed by atoms with van der Waals surface area (Å²) in [6.07, 6.45) is 1.95. The van der Waals surface area contributed by atoms with E-state index in [1.54, 1.807) is 4.90 Å². The van der Waals surface area contributed by atoms with Crippen LogP contribution < -0.4 is 20.9 Å². The van der Waals surface area contributed by atoms with E-state index in [1.807, 2.05) is 13.0 Å². The second-order valence-corrected chi connectivity index (χ2v) is 9.34. The highest BCUT2D eigenvalue weighted by atomic mass is 16.2. The third-order valence-corrected chi connectivity index (χ3v) is 6.88. The van der Waals surface area contributed by atoms with E-state index >= 15 is 0 Å². The molecule has 10 heteroatoms. The summed E-state index contributed by atoms with van der Waals surface area (Å²) in [6, 6.07) is 6.17. The first-order chi connectivity index (χ1) is 17.3. The van der Waals surface area contributed by atoms with Gasteiger partial charge in [-0.05, 0) is 50.2 Å². The number of hydrogen-bond donors (Lipinski definition) is 2. The lowest BCUT2D eigenvalue weighted by molar-refractivity contribution is -0.126. The zero-order chi connectivity index (χ0) is 25.8. The van der Waals surface area contributed by atoms with E-state index < -0.39 is 5.91 Å². The maximum Gasteiger partial charge on any atom is 0.271 e. The van der Waals surface area contributed by atoms with Crippen LogP contribution in [0.5, 0.6) is 0 Å². The van der Waals surface area contributed by atoms with Crippen LogP contribution in [0.1, 0.15) is 28.7 Å². The molecule has 0 bridgehead atoms. The number of nitrogens with two attached hydrogens (primary N) is 1. The van der Waals surface area contributed by atoms with Crippen molar-refractivity contribution in [3.63, 3.8) is 0 Å². The number of benzene rings is 1. The summed E-state index contributed by atoms with van der Waals surface area (Å²) in [4.78, 5) is 42.3. The number of aryl methyl sites for hydroxylation is 2. The Hall–Kier alpha value is -3.66. The van der Waals surface area contributed by atoms with Crippen molar-refractivity contribution in [1.82, 2.24) is 19.8 Å². The number of primary amides is 1. The van der Waals surface area contributed by atoms with Gasteiger partial charge in [0.1, 0.15) is 0 Å². The number of anilines is 4. The first-order valence-corrected chi connectivity index (χ1v) is 12.5. The highest BCUT2D eigenvalue weighted by Gasteiger charge is 2.25. The topological polar surface area (TPSA) is 111 Å². The molecule has 0 radical (unpaired) electrons. The van der Waals surface area contributed by atoms with E-state index in [9.17, 15) is 9.59 Å². The highest BCUT2D eigenvalue weighted by Crippen LogP contribution is 2.29. The van der Waals surface area contributed by atoms with E-state index in [4.69, 9.17) is 10.7 Å². The fourth-order valence-corrected chi connectivity index (χ4v) is 4.75. The average molecular weight is 493 g/mol. The van der Waals surface area contributed by atoms with Crippen LogP contribution in [-0.4, -0.2) is 91.0 Å². The van der Waals surface area contributed by atoms with Crippen molar-refractivity contribution in [2.24, 2.45) is 5.73 Å². The van der Waals surface area contributed by atoms with Crippen LogP contribution in [0.25, 0.3) is 0 Å². The molecule has 2 aliphatic heterocycles. The van der Waals surface area contributed by atoms with Crippen molar-refractivity contribution in [3.8, 4) is 0 Å². The van der Waals surface area contributed by atoms with Crippen LogP contribution in [0.15, 0.2) is 30.9 Å². The Bertz CT molecular complexity index is 1140. The molecule has 10 nitrogen and oxygen atoms in total. The van der Waals surface area contributed by atoms with E-state index in [0.29, 0.717) is 49.9 Å². The highest BCUT2D eigenvalue weighted by molar-refractivity contribution is 5.96. The molecule has 0 atom stereocenters. The third-order valence-electron chi connectivity index (χ3n) is 6.88. The summed E-state index contributed by atoms with van der Waals surface area (Å²) in [6.45, 7) is 14.1. The van der Waals surface area contributed by atoms with Gasteiger partial charge >= 0.3 is 0 Å². The van der Waals surface area contributed by atoms with Gasteiger partial charge in [-0.1, -0.05) is 13.5 Å². The number of likely N-dealkylation sites (N-methyl/N-ethyl adjacent to an activating group) is 1. The molecule has 2 amide bonds. The number of carbonyl (C=O) groups excluding carboxylic acids is 2. The molecule has 2 aromatic rings. The van der Waals surface area contributed by atoms with Gasteiger partial charge in [0.25, 0.3) is 5.91 Å². The summed E-state index contributed by atoms with van der Waals surface area (Å²) < 4.78 is 0. The molecule has 2 saturated heterocycles. The fourth-order valence-electron chi connectivity index (χ4n) is 4.75. The third kappa shape index (κ3) is 5.43. The van der Waals surface area contributed by atoms with Crippen molar-refractivity contribution >= 4 is 34.8 Å². The zero-order valence-corrected chi connectivity index (χ0v) is 21.5. The SMILES string of the molecule is C=CC(=O)N1CCN(c2nc(Nc3ccc(N4CCN(C)CC4)c(C)c3)c(C(N)=O)nc2CC)CC1. The first-order valence-electron chi connectivity index (χ1n) is 12.5. The Morgan fingerprint density at radius 3 is 2.31 bits per heavy atom. The van der Waals surface area contributed by atoms with Gasteiger partial charge in [0.15, 0.2) is 17.3 Å². The van der Waals surface area contributed by atoms with Crippen molar-refractivity contribution < 1.29 is 9.59 Å². The Morgan fingerprint density at radius 2 is 1.72 bits per heavy atom. The fraction of sp³-hybridized carbons (Fsp3) is 0.462. The summed E-state index contributed by atoms with van der Waals surface area (Å²) in [5.41, 5.74) is 9.70. The number of rotatable bonds is 7. The first kappa shape index (κ1) is 25.4. The Labute approximate surface area is 212 Å². The lowest BCUT2D eigenvalue weighted by Crippen LogP contribution is -2.49. The van der Waals surface area contributed by atoms with Crippen LogP contribution >= 0.6 is 0 Å². The Morgan fingerprint density at radius 1 is 1.06 bits per heavy atom. The van der Waals surface area contributed by atoms with Gasteiger partial charge in [0, 0.05) is 63.7 Å². The van der Waals surface area contributed by atoms with E-state index in [-0.39, 0.29) is 11.6 Å². The van der Waals surface area contributed by atoms with Crippen LogP contribution in [-0.2, 0) is 11.2 Å². The molecular weight excluding hydrogens is 456 g/mol. The molecule has 192 valence electrons. The van der Waals surface area contributed by atoms with Crippen LogP contribution in [0.3, 0.4) is 0 Å². The summed E-state index contributed by atoms with van der Waals surface area (Å²) >= 11 is 0. The van der Waals surface area contributed by atoms with Crippen LogP contribution in [0.2, 0.25) is 0 Å². The summed E-state index contributed by atoms with van der Waals surface area (Å²) in [5, 5.41) is 3.29. The Balaban J connectivity index is 1.59. The predicted octanol–water partition coefficient (Wildman–Crippen LogP) is 1.78. The largest absolute Gasteiger partial charge is 0.369 e. The molecule has 0 unspecified atom stereocenters. The van der Waals surface area contributed by atoms with Crippen molar-refractivity contribution in [3.05, 3.63) is 47.8 Å². The molecule has 4 rings (SSSR count). The monoisotopic (exact) mass is 492 g/mol. The molecule has 2 fully saturated rings. The van der Waals surface area contributed by atoms with Gasteiger partial charge < -0.3 is 30.7 Å². The lowest BCUT2D eigenvalue weighted by atomic mass is 10.1. The normalized spacial score (nSPS) is 16.7. The molecule has 3 heterocycles. The van der Waals surface area contributed by atoms with Crippen LogP contribution in [0, 0.1) is 6.92 Å². The van der Waals surface area contributed by atoms with Gasteiger partial charge in [-0.15, -0.1) is 0 Å². The van der Waals surface area contributed by atoms with Gasteiger partial charge in [0.05, 0.1) is 5.69 Å². The van der Waals surface area contributed by atoms with Gasteiger partial charge in [0.2, 0.25) is 5.91 Å². The second-order valence-electron chi connectivity index (χ2n) is 9.34.